The van der Waals surface area contributed by atoms with Gasteiger partial charge in [-0.05, 0) is 36.4 Å². The second-order valence-corrected chi connectivity index (χ2v) is 9.91. The molecule has 2 saturated heterocycles. The summed E-state index contributed by atoms with van der Waals surface area (Å²) < 4.78 is 37.1. The molecule has 2 aliphatic rings. The lowest BCUT2D eigenvalue weighted by atomic mass is 9.94. The molecule has 0 amide bonds. The molecule has 4 N–H and O–H groups in total. The fourth-order valence-corrected chi connectivity index (χ4v) is 6.01. The van der Waals surface area contributed by atoms with E-state index in [9.17, 15) is 19.7 Å². The van der Waals surface area contributed by atoms with Crippen LogP contribution >= 0.6 is 0 Å². The minimum atomic E-state index is -0.842. The molecule has 2 fully saturated rings. The quantitative estimate of drug-likeness (QED) is 0.290. The number of pyridine rings is 2. The van der Waals surface area contributed by atoms with E-state index in [-0.39, 0.29) is 68.0 Å². The molecular formula is C29H26F2N4O4. The van der Waals surface area contributed by atoms with E-state index in [0.717, 1.165) is 12.8 Å². The minimum Gasteiger partial charge on any atom is -0.508 e. The summed E-state index contributed by atoms with van der Waals surface area (Å²) in [7, 11) is 1.39. The first-order valence-electron chi connectivity index (χ1n) is 12.6. The lowest BCUT2D eigenvalue weighted by Gasteiger charge is -2.35. The molecule has 0 aliphatic carbocycles. The van der Waals surface area contributed by atoms with Crippen molar-refractivity contribution in [2.24, 2.45) is 0 Å². The van der Waals surface area contributed by atoms with Crippen molar-refractivity contribution in [3.05, 3.63) is 52.7 Å². The Hall–Kier alpha value is -4.04. The van der Waals surface area contributed by atoms with Crippen molar-refractivity contribution in [1.82, 2.24) is 15.3 Å². The number of aromatic hydroxyl groups is 1. The number of terminal acetylenes is 1. The number of phenols is 1. The van der Waals surface area contributed by atoms with Gasteiger partial charge in [-0.1, -0.05) is 12.0 Å². The molecule has 2 atom stereocenters. The predicted molar refractivity (Wildman–Crippen MR) is 143 cm³/mol. The lowest BCUT2D eigenvalue weighted by molar-refractivity contribution is 0.257. The van der Waals surface area contributed by atoms with Gasteiger partial charge in [0, 0.05) is 47.1 Å². The number of nitrogens with one attached hydrogen (secondary N) is 1. The van der Waals surface area contributed by atoms with Crippen molar-refractivity contribution in [2.45, 2.75) is 38.1 Å². The maximum atomic E-state index is 16.7. The molecule has 4 heterocycles. The number of piperazine rings is 1. The van der Waals surface area contributed by atoms with Gasteiger partial charge in [0.15, 0.2) is 5.82 Å². The van der Waals surface area contributed by atoms with E-state index >= 15 is 4.39 Å². The van der Waals surface area contributed by atoms with Crippen LogP contribution in [0.3, 0.4) is 0 Å². The number of aromatic nitrogens is 2. The fourth-order valence-electron chi connectivity index (χ4n) is 6.01. The number of rotatable bonds is 5. The zero-order valence-corrected chi connectivity index (χ0v) is 21.1. The number of benzene rings is 2. The number of nitrogens with zero attached hydrogens (tertiary/aromatic N) is 3. The Balaban J connectivity index is 1.72. The summed E-state index contributed by atoms with van der Waals surface area (Å²) >= 11 is 0. The average molecular weight is 533 g/mol. The van der Waals surface area contributed by atoms with Crippen LogP contribution in [0, 0.1) is 24.0 Å². The number of anilines is 1. The normalized spacial score (nSPS) is 18.6. The second kappa shape index (κ2) is 9.61. The Morgan fingerprint density at radius 2 is 1.82 bits per heavy atom. The molecule has 39 heavy (non-hydrogen) atoms. The van der Waals surface area contributed by atoms with Crippen LogP contribution in [0.2, 0.25) is 0 Å². The smallest absolute Gasteiger partial charge is 0.225 e. The summed E-state index contributed by atoms with van der Waals surface area (Å²) in [4.78, 5) is 11.2. The summed E-state index contributed by atoms with van der Waals surface area (Å²) in [5.41, 5.74) is -0.0868. The first-order valence-corrected chi connectivity index (χ1v) is 12.6. The number of hydrogen-bond acceptors (Lipinski definition) is 8. The highest BCUT2D eigenvalue weighted by Gasteiger charge is 2.35. The van der Waals surface area contributed by atoms with E-state index in [1.165, 1.54) is 31.4 Å². The Bertz CT molecular complexity index is 1670. The molecule has 2 aromatic heterocycles. The third-order valence-corrected chi connectivity index (χ3v) is 7.69. The van der Waals surface area contributed by atoms with Gasteiger partial charge < -0.3 is 30.3 Å². The van der Waals surface area contributed by atoms with Crippen LogP contribution in [-0.2, 0) is 13.2 Å². The van der Waals surface area contributed by atoms with Crippen LogP contribution in [0.15, 0.2) is 24.3 Å². The van der Waals surface area contributed by atoms with Gasteiger partial charge in [-0.25, -0.2) is 18.7 Å². The van der Waals surface area contributed by atoms with Crippen molar-refractivity contribution in [1.29, 1.82) is 0 Å². The van der Waals surface area contributed by atoms with E-state index < -0.39 is 24.8 Å². The van der Waals surface area contributed by atoms with E-state index in [2.05, 4.69) is 21.2 Å². The first kappa shape index (κ1) is 25.2. The van der Waals surface area contributed by atoms with Crippen molar-refractivity contribution in [2.75, 3.05) is 25.1 Å². The van der Waals surface area contributed by atoms with Crippen molar-refractivity contribution >= 4 is 27.4 Å². The van der Waals surface area contributed by atoms with Gasteiger partial charge in [-0.2, -0.15) is 0 Å². The standard InChI is InChI=1S/C29H26F2N4O4/c1-3-18-21(30)7-4-14-8-17(38)9-19(23(14)18)27-26(31)24-20(12-36)22(13-37)33-28(25(24)29(34-27)39-2)35-10-15-5-6-16(11-35)32-15/h1,4,7-9,15-16,32,36-38H,5-6,10-13H2,2H3. The van der Waals surface area contributed by atoms with Crippen LogP contribution in [0.25, 0.3) is 32.8 Å². The van der Waals surface area contributed by atoms with Crippen molar-refractivity contribution in [3.8, 4) is 35.2 Å². The first-order chi connectivity index (χ1) is 18.9. The summed E-state index contributed by atoms with van der Waals surface area (Å²) in [6.45, 7) is 0.104. The van der Waals surface area contributed by atoms with E-state index in [4.69, 9.17) is 11.2 Å². The zero-order chi connectivity index (χ0) is 27.4. The largest absolute Gasteiger partial charge is 0.508 e. The molecule has 2 aromatic carbocycles. The number of methoxy groups -OCH3 is 1. The summed E-state index contributed by atoms with van der Waals surface area (Å²) in [6.07, 6.45) is 7.64. The maximum absolute atomic E-state index is 16.7. The van der Waals surface area contributed by atoms with Crippen LogP contribution < -0.4 is 15.0 Å². The Labute approximate surface area is 222 Å². The van der Waals surface area contributed by atoms with E-state index in [0.29, 0.717) is 24.3 Å². The van der Waals surface area contributed by atoms with Crippen molar-refractivity contribution in [3.63, 3.8) is 0 Å². The summed E-state index contributed by atoms with van der Waals surface area (Å²) in [5, 5.41) is 35.3. The zero-order valence-electron chi connectivity index (χ0n) is 21.1. The van der Waals surface area contributed by atoms with Gasteiger partial charge in [-0.15, -0.1) is 6.42 Å². The van der Waals surface area contributed by atoms with Gasteiger partial charge in [0.25, 0.3) is 0 Å². The van der Waals surface area contributed by atoms with E-state index in [1.807, 2.05) is 4.90 Å². The number of phenolic OH excluding ortho intramolecular Hbond substituents is 1. The molecule has 6 rings (SSSR count). The molecule has 4 aromatic rings. The minimum absolute atomic E-state index is 0.0190. The molecule has 0 radical (unpaired) electrons. The van der Waals surface area contributed by atoms with Crippen LogP contribution in [-0.4, -0.2) is 57.6 Å². The van der Waals surface area contributed by atoms with Gasteiger partial charge >= 0.3 is 0 Å². The number of aliphatic hydroxyl groups excluding tert-OH is 2. The molecule has 2 unspecified atom stereocenters. The Morgan fingerprint density at radius 3 is 2.46 bits per heavy atom. The molecule has 10 heteroatoms. The highest BCUT2D eigenvalue weighted by atomic mass is 19.1. The van der Waals surface area contributed by atoms with Gasteiger partial charge in [0.2, 0.25) is 5.88 Å². The molecule has 2 bridgehead atoms. The van der Waals surface area contributed by atoms with Crippen LogP contribution in [0.4, 0.5) is 14.6 Å². The van der Waals surface area contributed by atoms with Crippen LogP contribution in [0.5, 0.6) is 11.6 Å². The number of hydrogen-bond donors (Lipinski definition) is 4. The number of ether oxygens (including phenoxy) is 1. The molecule has 0 spiro atoms. The number of halogens is 2. The monoisotopic (exact) mass is 532 g/mol. The maximum Gasteiger partial charge on any atom is 0.225 e. The second-order valence-electron chi connectivity index (χ2n) is 9.91. The van der Waals surface area contributed by atoms with Crippen LogP contribution in [0.1, 0.15) is 29.7 Å². The summed E-state index contributed by atoms with van der Waals surface area (Å²) in [6, 6.07) is 5.78. The SMILES string of the molecule is C#Cc1c(F)ccc2cc(O)cc(-c3nc(OC)c4c(N5CC6CCC(C5)N6)nc(CO)c(CO)c4c3F)c12. The summed E-state index contributed by atoms with van der Waals surface area (Å²) in [5.74, 6) is 1.04. The number of fused-ring (bicyclic) bond motifs is 4. The Kier molecular flexibility index (Phi) is 6.22. The topological polar surface area (TPSA) is 111 Å². The highest BCUT2D eigenvalue weighted by molar-refractivity contribution is 6.05. The molecule has 200 valence electrons. The fraction of sp³-hybridized carbons (Fsp3) is 0.310. The number of aliphatic hydroxyl groups is 2. The predicted octanol–water partition coefficient (Wildman–Crippen LogP) is 3.35. The third kappa shape index (κ3) is 3.93. The Morgan fingerprint density at radius 1 is 1.08 bits per heavy atom. The van der Waals surface area contributed by atoms with Crippen molar-refractivity contribution < 1.29 is 28.8 Å². The highest BCUT2D eigenvalue weighted by Crippen LogP contribution is 2.44. The molecule has 8 nitrogen and oxygen atoms in total. The molecule has 0 saturated carbocycles. The van der Waals surface area contributed by atoms with Gasteiger partial charge in [0.1, 0.15) is 23.1 Å². The van der Waals surface area contributed by atoms with Gasteiger partial charge in [-0.3, -0.25) is 0 Å². The molecule has 2 aliphatic heterocycles. The van der Waals surface area contributed by atoms with Gasteiger partial charge in [0.05, 0.1) is 37.0 Å². The lowest BCUT2D eigenvalue weighted by Crippen LogP contribution is -2.51. The average Bonchev–Trinajstić information content (AvgIpc) is 3.29. The van der Waals surface area contributed by atoms with E-state index in [1.54, 1.807) is 0 Å². The molecular weight excluding hydrogens is 506 g/mol. The third-order valence-electron chi connectivity index (χ3n) is 7.69.